The maximum atomic E-state index is 13.6. The Morgan fingerprint density at radius 3 is 2.20 bits per heavy atom. The minimum atomic E-state index is -4.64. The van der Waals surface area contributed by atoms with E-state index in [4.69, 9.17) is 0 Å². The van der Waals surface area contributed by atoms with Gasteiger partial charge in [0, 0.05) is 5.69 Å². The maximum absolute atomic E-state index is 13.6. The molecule has 6 heteroatoms. The summed E-state index contributed by atoms with van der Waals surface area (Å²) >= 11 is 0. The molecule has 0 radical (unpaired) electrons. The van der Waals surface area contributed by atoms with Gasteiger partial charge in [0.25, 0.3) is 5.91 Å². The summed E-state index contributed by atoms with van der Waals surface area (Å²) in [6.07, 6.45) is -4.64. The van der Waals surface area contributed by atoms with E-state index >= 15 is 0 Å². The smallest absolute Gasteiger partial charge is 0.322 e. The molecule has 0 spiro atoms. The van der Waals surface area contributed by atoms with Crippen molar-refractivity contribution in [3.8, 4) is 0 Å². The van der Waals surface area contributed by atoms with Crippen molar-refractivity contribution >= 4 is 11.6 Å². The first-order valence-electron chi connectivity index (χ1n) is 5.61. The third-order valence-corrected chi connectivity index (χ3v) is 2.57. The number of hydrogen-bond donors (Lipinski definition) is 1. The second-order valence-corrected chi connectivity index (χ2v) is 4.01. The van der Waals surface area contributed by atoms with Gasteiger partial charge in [-0.3, -0.25) is 4.79 Å². The summed E-state index contributed by atoms with van der Waals surface area (Å²) in [4.78, 5) is 11.8. The fraction of sp³-hybridized carbons (Fsp3) is 0.0714. The Kier molecular flexibility index (Phi) is 3.74. The van der Waals surface area contributed by atoms with E-state index in [1.165, 1.54) is 0 Å². The number of anilines is 1. The topological polar surface area (TPSA) is 29.1 Å². The van der Waals surface area contributed by atoms with Crippen molar-refractivity contribution < 1.29 is 22.4 Å². The molecule has 0 atom stereocenters. The quantitative estimate of drug-likeness (QED) is 0.826. The molecule has 0 aliphatic heterocycles. The molecule has 2 rings (SSSR count). The number of carbonyl (C=O) groups excluding carboxylic acids is 1. The molecule has 0 bridgehead atoms. The Balaban J connectivity index is 2.23. The minimum absolute atomic E-state index is 0.305. The van der Waals surface area contributed by atoms with Crippen molar-refractivity contribution in [1.29, 1.82) is 0 Å². The van der Waals surface area contributed by atoms with Gasteiger partial charge in [0.05, 0.1) is 11.1 Å². The number of para-hydroxylation sites is 1. The Morgan fingerprint density at radius 1 is 1.00 bits per heavy atom. The molecule has 2 aromatic rings. The first-order chi connectivity index (χ1) is 9.38. The molecule has 20 heavy (non-hydrogen) atoms. The van der Waals surface area contributed by atoms with E-state index in [9.17, 15) is 22.4 Å². The Labute approximate surface area is 112 Å². The lowest BCUT2D eigenvalue weighted by molar-refractivity contribution is -0.137. The highest BCUT2D eigenvalue weighted by Gasteiger charge is 2.31. The summed E-state index contributed by atoms with van der Waals surface area (Å²) < 4.78 is 50.7. The van der Waals surface area contributed by atoms with Crippen LogP contribution in [0.3, 0.4) is 0 Å². The molecular formula is C14H9F4NO. The highest BCUT2D eigenvalue weighted by Crippen LogP contribution is 2.30. The van der Waals surface area contributed by atoms with Crippen molar-refractivity contribution in [2.24, 2.45) is 0 Å². The Morgan fingerprint density at radius 2 is 1.65 bits per heavy atom. The normalized spacial score (nSPS) is 11.2. The number of rotatable bonds is 2. The van der Waals surface area contributed by atoms with E-state index < -0.39 is 29.0 Å². The second kappa shape index (κ2) is 5.32. The standard InChI is InChI=1S/C14H9F4NO/c15-12-8-9(14(16,17)18)6-7-11(12)13(20)19-10-4-2-1-3-5-10/h1-8H,(H,19,20). The highest BCUT2D eigenvalue weighted by molar-refractivity contribution is 6.04. The van der Waals surface area contributed by atoms with Crippen molar-refractivity contribution in [2.45, 2.75) is 6.18 Å². The minimum Gasteiger partial charge on any atom is -0.322 e. The molecule has 2 nitrogen and oxygen atoms in total. The summed E-state index contributed by atoms with van der Waals surface area (Å²) in [7, 11) is 0. The van der Waals surface area contributed by atoms with Crippen molar-refractivity contribution in [3.63, 3.8) is 0 Å². The van der Waals surface area contributed by atoms with E-state index in [1.54, 1.807) is 30.3 Å². The van der Waals surface area contributed by atoms with Crippen LogP contribution in [0.1, 0.15) is 15.9 Å². The molecule has 0 aromatic heterocycles. The predicted molar refractivity (Wildman–Crippen MR) is 65.8 cm³/mol. The summed E-state index contributed by atoms with van der Waals surface area (Å²) in [5.41, 5.74) is -1.15. The Bertz CT molecular complexity index is 623. The van der Waals surface area contributed by atoms with E-state index in [2.05, 4.69) is 5.32 Å². The van der Waals surface area contributed by atoms with Gasteiger partial charge in [-0.25, -0.2) is 4.39 Å². The van der Waals surface area contributed by atoms with Crippen LogP contribution in [0.5, 0.6) is 0 Å². The van der Waals surface area contributed by atoms with E-state index in [-0.39, 0.29) is 0 Å². The molecule has 104 valence electrons. The van der Waals surface area contributed by atoms with Crippen LogP contribution in [0, 0.1) is 5.82 Å². The number of nitrogens with one attached hydrogen (secondary N) is 1. The maximum Gasteiger partial charge on any atom is 0.416 e. The molecular weight excluding hydrogens is 274 g/mol. The summed E-state index contributed by atoms with van der Waals surface area (Å²) in [5, 5.41) is 2.40. The SMILES string of the molecule is O=C(Nc1ccccc1)c1ccc(C(F)(F)F)cc1F. The highest BCUT2D eigenvalue weighted by atomic mass is 19.4. The number of benzene rings is 2. The second-order valence-electron chi connectivity index (χ2n) is 4.01. The van der Waals surface area contributed by atoms with Crippen LogP contribution in [0.25, 0.3) is 0 Å². The number of halogens is 4. The first-order valence-corrected chi connectivity index (χ1v) is 5.61. The van der Waals surface area contributed by atoms with Crippen LogP contribution in [0.4, 0.5) is 23.2 Å². The predicted octanol–water partition coefficient (Wildman–Crippen LogP) is 4.10. The monoisotopic (exact) mass is 283 g/mol. The molecule has 1 N–H and O–H groups in total. The van der Waals surface area contributed by atoms with Crippen LogP contribution < -0.4 is 5.32 Å². The lowest BCUT2D eigenvalue weighted by Crippen LogP contribution is -2.15. The van der Waals surface area contributed by atoms with Gasteiger partial charge in [-0.1, -0.05) is 18.2 Å². The molecule has 0 saturated carbocycles. The van der Waals surface area contributed by atoms with E-state index in [0.717, 1.165) is 6.07 Å². The average Bonchev–Trinajstić information content (AvgIpc) is 2.38. The lowest BCUT2D eigenvalue weighted by atomic mass is 10.1. The van der Waals surface area contributed by atoms with Crippen LogP contribution in [-0.4, -0.2) is 5.91 Å². The molecule has 1 amide bonds. The molecule has 0 aliphatic rings. The van der Waals surface area contributed by atoms with Gasteiger partial charge >= 0.3 is 6.18 Å². The third kappa shape index (κ3) is 3.14. The van der Waals surface area contributed by atoms with Gasteiger partial charge in [-0.2, -0.15) is 13.2 Å². The van der Waals surface area contributed by atoms with Crippen LogP contribution in [0.15, 0.2) is 48.5 Å². The number of carbonyl (C=O) groups is 1. The fourth-order valence-electron chi connectivity index (χ4n) is 1.60. The zero-order valence-corrected chi connectivity index (χ0v) is 10.0. The lowest BCUT2D eigenvalue weighted by Gasteiger charge is -2.09. The fourth-order valence-corrected chi connectivity index (χ4v) is 1.60. The van der Waals surface area contributed by atoms with Crippen LogP contribution in [-0.2, 0) is 6.18 Å². The molecule has 0 aliphatic carbocycles. The summed E-state index contributed by atoms with van der Waals surface area (Å²) in [6, 6.07) is 10.0. The zero-order valence-electron chi connectivity index (χ0n) is 10.0. The third-order valence-electron chi connectivity index (χ3n) is 2.57. The average molecular weight is 283 g/mol. The molecule has 0 fully saturated rings. The van der Waals surface area contributed by atoms with Crippen LogP contribution in [0.2, 0.25) is 0 Å². The zero-order chi connectivity index (χ0) is 14.8. The number of amides is 1. The molecule has 0 heterocycles. The van der Waals surface area contributed by atoms with E-state index in [0.29, 0.717) is 17.8 Å². The number of hydrogen-bond acceptors (Lipinski definition) is 1. The van der Waals surface area contributed by atoms with Crippen molar-refractivity contribution in [3.05, 3.63) is 65.5 Å². The summed E-state index contributed by atoms with van der Waals surface area (Å²) in [5.74, 6) is -2.02. The molecule has 2 aromatic carbocycles. The van der Waals surface area contributed by atoms with Gasteiger partial charge in [0.1, 0.15) is 5.82 Å². The van der Waals surface area contributed by atoms with Crippen molar-refractivity contribution in [1.82, 2.24) is 0 Å². The Hall–Kier alpha value is -2.37. The molecule has 0 unspecified atom stereocenters. The first kappa shape index (κ1) is 14.0. The van der Waals surface area contributed by atoms with E-state index in [1.807, 2.05) is 0 Å². The summed E-state index contributed by atoms with van der Waals surface area (Å²) in [6.45, 7) is 0. The molecule has 0 saturated heterocycles. The van der Waals surface area contributed by atoms with Crippen molar-refractivity contribution in [2.75, 3.05) is 5.32 Å². The van der Waals surface area contributed by atoms with Crippen LogP contribution >= 0.6 is 0 Å². The van der Waals surface area contributed by atoms with Gasteiger partial charge in [-0.05, 0) is 30.3 Å². The largest absolute Gasteiger partial charge is 0.416 e. The van der Waals surface area contributed by atoms with Gasteiger partial charge in [-0.15, -0.1) is 0 Å². The van der Waals surface area contributed by atoms with Gasteiger partial charge in [0.2, 0.25) is 0 Å². The van der Waals surface area contributed by atoms with Gasteiger partial charge < -0.3 is 5.32 Å². The number of alkyl halides is 3. The van der Waals surface area contributed by atoms with Gasteiger partial charge in [0.15, 0.2) is 0 Å².